The van der Waals surface area contributed by atoms with Gasteiger partial charge in [0.1, 0.15) is 0 Å². The van der Waals surface area contributed by atoms with Crippen LogP contribution >= 0.6 is 11.3 Å². The van der Waals surface area contributed by atoms with Gasteiger partial charge in [-0.25, -0.2) is 0 Å². The molecule has 1 aliphatic heterocycles. The lowest BCUT2D eigenvalue weighted by atomic mass is 10.1. The average molecular weight is 357 g/mol. The molecule has 1 N–H and O–H groups in total. The van der Waals surface area contributed by atoms with Crippen molar-refractivity contribution >= 4 is 28.8 Å². The summed E-state index contributed by atoms with van der Waals surface area (Å²) in [5, 5.41) is 4.92. The number of carbonyl (C=O) groups is 2. The monoisotopic (exact) mass is 357 g/mol. The molecule has 132 valence electrons. The summed E-state index contributed by atoms with van der Waals surface area (Å²) in [7, 11) is 0. The van der Waals surface area contributed by atoms with Crippen molar-refractivity contribution in [1.29, 1.82) is 0 Å². The van der Waals surface area contributed by atoms with Crippen LogP contribution in [0.5, 0.6) is 0 Å². The zero-order chi connectivity index (χ0) is 17.8. The molecule has 1 fully saturated rings. The second kappa shape index (κ2) is 7.80. The highest BCUT2D eigenvalue weighted by Crippen LogP contribution is 2.17. The van der Waals surface area contributed by atoms with E-state index in [-0.39, 0.29) is 17.9 Å². The van der Waals surface area contributed by atoms with Gasteiger partial charge >= 0.3 is 0 Å². The predicted molar refractivity (Wildman–Crippen MR) is 101 cm³/mol. The van der Waals surface area contributed by atoms with Crippen molar-refractivity contribution in [3.8, 4) is 0 Å². The van der Waals surface area contributed by atoms with Crippen molar-refractivity contribution in [2.24, 2.45) is 0 Å². The number of nitrogens with one attached hydrogen (secondary N) is 1. The first kappa shape index (κ1) is 17.6. The molecule has 0 saturated carbocycles. The number of nitrogens with zero attached hydrogens (tertiary/aromatic N) is 2. The summed E-state index contributed by atoms with van der Waals surface area (Å²) in [6.45, 7) is 6.62. The molecule has 25 heavy (non-hydrogen) atoms. The van der Waals surface area contributed by atoms with Gasteiger partial charge in [0.2, 0.25) is 5.91 Å². The molecule has 2 amide bonds. The van der Waals surface area contributed by atoms with Gasteiger partial charge in [-0.05, 0) is 36.9 Å². The van der Waals surface area contributed by atoms with E-state index in [9.17, 15) is 9.59 Å². The highest BCUT2D eigenvalue weighted by Gasteiger charge is 2.28. The molecule has 2 heterocycles. The Labute approximate surface area is 152 Å². The zero-order valence-corrected chi connectivity index (χ0v) is 15.4. The number of piperazine rings is 1. The second-order valence-corrected chi connectivity index (χ2v) is 7.23. The molecule has 5 nitrogen and oxygen atoms in total. The van der Waals surface area contributed by atoms with Crippen molar-refractivity contribution in [2.45, 2.75) is 19.9 Å². The van der Waals surface area contributed by atoms with Crippen molar-refractivity contribution in [3.63, 3.8) is 0 Å². The Balaban J connectivity index is 1.54. The van der Waals surface area contributed by atoms with Crippen LogP contribution < -0.4 is 5.32 Å². The zero-order valence-electron chi connectivity index (χ0n) is 14.6. The number of carbonyl (C=O) groups excluding carboxylic acids is 2. The Morgan fingerprint density at radius 1 is 1.08 bits per heavy atom. The number of thiophene rings is 1. The fraction of sp³-hybridized carbons (Fsp3) is 0.368. The van der Waals surface area contributed by atoms with Crippen LogP contribution in [0.15, 0.2) is 41.8 Å². The Bertz CT molecular complexity index is 737. The van der Waals surface area contributed by atoms with Gasteiger partial charge in [-0.1, -0.05) is 24.3 Å². The maximum absolute atomic E-state index is 12.5. The summed E-state index contributed by atoms with van der Waals surface area (Å²) >= 11 is 1.47. The van der Waals surface area contributed by atoms with E-state index in [1.54, 1.807) is 0 Å². The third-order valence-corrected chi connectivity index (χ3v) is 5.52. The van der Waals surface area contributed by atoms with Gasteiger partial charge in [0.05, 0.1) is 10.9 Å². The predicted octanol–water partition coefficient (Wildman–Crippen LogP) is 2.84. The molecule has 1 aromatic heterocycles. The van der Waals surface area contributed by atoms with E-state index >= 15 is 0 Å². The molecule has 1 unspecified atom stereocenters. The summed E-state index contributed by atoms with van der Waals surface area (Å²) in [5.74, 6) is 0.0824. The quantitative estimate of drug-likeness (QED) is 0.915. The molecule has 1 aromatic carbocycles. The lowest BCUT2D eigenvalue weighted by Gasteiger charge is -2.37. The van der Waals surface area contributed by atoms with Crippen LogP contribution in [-0.2, 0) is 4.79 Å². The summed E-state index contributed by atoms with van der Waals surface area (Å²) in [5.41, 5.74) is 1.90. The number of hydrogen-bond acceptors (Lipinski definition) is 4. The number of benzene rings is 1. The van der Waals surface area contributed by atoms with Crippen LogP contribution in [0, 0.1) is 6.92 Å². The normalized spacial score (nSPS) is 16.5. The van der Waals surface area contributed by atoms with E-state index in [4.69, 9.17) is 0 Å². The van der Waals surface area contributed by atoms with Gasteiger partial charge in [0.25, 0.3) is 5.91 Å². The number of hydrogen-bond donors (Lipinski definition) is 1. The van der Waals surface area contributed by atoms with Crippen molar-refractivity contribution in [1.82, 2.24) is 9.80 Å². The number of anilines is 1. The Hall–Kier alpha value is -2.18. The lowest BCUT2D eigenvalue weighted by molar-refractivity contribution is -0.121. The minimum Gasteiger partial charge on any atom is -0.335 e. The van der Waals surface area contributed by atoms with Gasteiger partial charge in [-0.2, -0.15) is 0 Å². The van der Waals surface area contributed by atoms with Crippen LogP contribution in [0.1, 0.15) is 22.2 Å². The van der Waals surface area contributed by atoms with E-state index in [1.807, 2.05) is 60.5 Å². The maximum atomic E-state index is 12.5. The Morgan fingerprint density at radius 3 is 2.44 bits per heavy atom. The third-order valence-electron chi connectivity index (χ3n) is 4.66. The van der Waals surface area contributed by atoms with E-state index < -0.39 is 0 Å². The molecule has 1 aliphatic rings. The van der Waals surface area contributed by atoms with Crippen LogP contribution in [0.3, 0.4) is 0 Å². The largest absolute Gasteiger partial charge is 0.335 e. The fourth-order valence-electron chi connectivity index (χ4n) is 2.98. The number of aryl methyl sites for hydroxylation is 1. The van der Waals surface area contributed by atoms with Crippen LogP contribution in [0.25, 0.3) is 0 Å². The summed E-state index contributed by atoms with van der Waals surface area (Å²) in [6.07, 6.45) is 0. The molecule has 1 saturated heterocycles. The summed E-state index contributed by atoms with van der Waals surface area (Å²) < 4.78 is 0. The van der Waals surface area contributed by atoms with Crippen molar-refractivity contribution < 1.29 is 9.59 Å². The van der Waals surface area contributed by atoms with Crippen LogP contribution in [0.4, 0.5) is 5.69 Å². The molecule has 1 atom stereocenters. The summed E-state index contributed by atoms with van der Waals surface area (Å²) in [6, 6.07) is 11.3. The molecule has 2 aromatic rings. The number of rotatable bonds is 4. The second-order valence-electron chi connectivity index (χ2n) is 6.29. The maximum Gasteiger partial charge on any atom is 0.264 e. The lowest BCUT2D eigenvalue weighted by Crippen LogP contribution is -2.54. The topological polar surface area (TPSA) is 52.7 Å². The third kappa shape index (κ3) is 4.08. The number of amides is 2. The smallest absolute Gasteiger partial charge is 0.264 e. The Morgan fingerprint density at radius 2 is 1.80 bits per heavy atom. The van der Waals surface area contributed by atoms with Crippen LogP contribution in [-0.4, -0.2) is 53.8 Å². The molecule has 0 aliphatic carbocycles. The average Bonchev–Trinajstić information content (AvgIpc) is 3.17. The minimum absolute atomic E-state index is 0.00710. The minimum atomic E-state index is -0.224. The first-order chi connectivity index (χ1) is 12.1. The number of para-hydroxylation sites is 1. The van der Waals surface area contributed by atoms with Gasteiger partial charge in [0.15, 0.2) is 0 Å². The molecular weight excluding hydrogens is 334 g/mol. The highest BCUT2D eigenvalue weighted by atomic mass is 32.1. The van der Waals surface area contributed by atoms with E-state index in [2.05, 4.69) is 10.2 Å². The van der Waals surface area contributed by atoms with Gasteiger partial charge in [-0.3, -0.25) is 14.5 Å². The Kier molecular flexibility index (Phi) is 5.50. The first-order valence-electron chi connectivity index (χ1n) is 8.49. The first-order valence-corrected chi connectivity index (χ1v) is 9.37. The van der Waals surface area contributed by atoms with E-state index in [1.165, 1.54) is 11.3 Å². The highest BCUT2D eigenvalue weighted by molar-refractivity contribution is 7.12. The van der Waals surface area contributed by atoms with E-state index in [0.29, 0.717) is 26.2 Å². The molecule has 0 bridgehead atoms. The molecule has 3 rings (SSSR count). The van der Waals surface area contributed by atoms with Gasteiger partial charge < -0.3 is 10.2 Å². The summed E-state index contributed by atoms with van der Waals surface area (Å²) in [4.78, 5) is 29.7. The SMILES string of the molecule is Cc1ccccc1NC(=O)C(C)N1CCN(C(=O)c2cccs2)CC1. The van der Waals surface area contributed by atoms with Crippen molar-refractivity contribution in [3.05, 3.63) is 52.2 Å². The molecule has 0 radical (unpaired) electrons. The van der Waals surface area contributed by atoms with Crippen LogP contribution in [0.2, 0.25) is 0 Å². The van der Waals surface area contributed by atoms with Crippen molar-refractivity contribution in [2.75, 3.05) is 31.5 Å². The molecule has 0 spiro atoms. The van der Waals surface area contributed by atoms with E-state index in [0.717, 1.165) is 16.1 Å². The fourth-order valence-corrected chi connectivity index (χ4v) is 3.68. The van der Waals surface area contributed by atoms with Gasteiger partial charge in [0, 0.05) is 31.9 Å². The van der Waals surface area contributed by atoms with Gasteiger partial charge in [-0.15, -0.1) is 11.3 Å². The molecule has 6 heteroatoms. The standard InChI is InChI=1S/C19H23N3O2S/c1-14-6-3-4-7-16(14)20-18(23)15(2)21-9-11-22(12-10-21)19(24)17-8-5-13-25-17/h3-8,13,15H,9-12H2,1-2H3,(H,20,23). The molecular formula is C19H23N3O2S.